The van der Waals surface area contributed by atoms with Gasteiger partial charge in [0.05, 0.1) is 6.04 Å². The highest BCUT2D eigenvalue weighted by atomic mass is 16.1. The summed E-state index contributed by atoms with van der Waals surface area (Å²) in [7, 11) is 0. The van der Waals surface area contributed by atoms with Gasteiger partial charge in [-0.2, -0.15) is 0 Å². The molecule has 1 atom stereocenters. The van der Waals surface area contributed by atoms with Crippen molar-refractivity contribution in [2.75, 3.05) is 0 Å². The smallest absolute Gasteiger partial charge is 0.293 e. The van der Waals surface area contributed by atoms with Crippen LogP contribution in [0.25, 0.3) is 5.65 Å². The zero-order valence-corrected chi connectivity index (χ0v) is 7.06. The first-order valence-electron chi connectivity index (χ1n) is 3.88. The lowest BCUT2D eigenvalue weighted by Crippen LogP contribution is -2.13. The summed E-state index contributed by atoms with van der Waals surface area (Å²) in [5.41, 5.74) is 5.65. The van der Waals surface area contributed by atoms with Crippen molar-refractivity contribution >= 4 is 5.65 Å². The van der Waals surface area contributed by atoms with Crippen LogP contribution in [0.15, 0.2) is 17.2 Å². The Labute approximate surface area is 73.4 Å². The quantitative estimate of drug-likeness (QED) is 0.614. The van der Waals surface area contributed by atoms with Crippen LogP contribution in [0, 0.1) is 0 Å². The van der Waals surface area contributed by atoms with Gasteiger partial charge in [0.15, 0.2) is 5.82 Å². The molecule has 0 fully saturated rings. The van der Waals surface area contributed by atoms with Crippen molar-refractivity contribution in [2.24, 2.45) is 5.73 Å². The maximum atomic E-state index is 11.2. The van der Waals surface area contributed by atoms with Crippen molar-refractivity contribution in [2.45, 2.75) is 13.0 Å². The van der Waals surface area contributed by atoms with Crippen LogP contribution >= 0.6 is 0 Å². The van der Waals surface area contributed by atoms with E-state index in [1.807, 2.05) is 0 Å². The van der Waals surface area contributed by atoms with E-state index in [1.54, 1.807) is 17.5 Å². The fraction of sp³-hybridized carbons (Fsp3) is 0.286. The molecule has 0 aliphatic heterocycles. The standard InChI is InChI=1S/C7H9N5O/c1-4(8)5-10-11-6-7(13)9-2-3-12(5)6/h2-4H,8H2,1H3,(H,9,13)/t4-/m0/s1. The fourth-order valence-electron chi connectivity index (χ4n) is 1.17. The van der Waals surface area contributed by atoms with E-state index < -0.39 is 0 Å². The average molecular weight is 179 g/mol. The van der Waals surface area contributed by atoms with Crippen LogP contribution in [0.1, 0.15) is 18.8 Å². The second kappa shape index (κ2) is 2.67. The summed E-state index contributed by atoms with van der Waals surface area (Å²) < 4.78 is 1.59. The van der Waals surface area contributed by atoms with Crippen molar-refractivity contribution in [3.63, 3.8) is 0 Å². The van der Waals surface area contributed by atoms with Crippen LogP contribution in [0.2, 0.25) is 0 Å². The molecule has 2 heterocycles. The normalized spacial score (nSPS) is 13.4. The molecule has 0 saturated heterocycles. The molecule has 0 saturated carbocycles. The molecule has 0 aliphatic carbocycles. The largest absolute Gasteiger partial charge is 0.324 e. The fourth-order valence-corrected chi connectivity index (χ4v) is 1.17. The molecule has 68 valence electrons. The first-order valence-corrected chi connectivity index (χ1v) is 3.88. The van der Waals surface area contributed by atoms with Crippen LogP contribution in [0.4, 0.5) is 0 Å². The third kappa shape index (κ3) is 1.11. The Morgan fingerprint density at radius 2 is 2.38 bits per heavy atom. The molecule has 6 nitrogen and oxygen atoms in total. The monoisotopic (exact) mass is 179 g/mol. The van der Waals surface area contributed by atoms with Gasteiger partial charge in [0.2, 0.25) is 5.65 Å². The number of rotatable bonds is 1. The van der Waals surface area contributed by atoms with Gasteiger partial charge in [-0.15, -0.1) is 10.2 Å². The van der Waals surface area contributed by atoms with E-state index in [0.29, 0.717) is 5.82 Å². The highest BCUT2D eigenvalue weighted by molar-refractivity contribution is 5.34. The third-order valence-electron chi connectivity index (χ3n) is 1.77. The van der Waals surface area contributed by atoms with E-state index in [4.69, 9.17) is 5.73 Å². The zero-order chi connectivity index (χ0) is 9.42. The molecule has 0 aliphatic rings. The van der Waals surface area contributed by atoms with Crippen LogP contribution in [0.3, 0.4) is 0 Å². The van der Waals surface area contributed by atoms with Crippen molar-refractivity contribution in [3.05, 3.63) is 28.6 Å². The van der Waals surface area contributed by atoms with E-state index in [2.05, 4.69) is 15.2 Å². The molecule has 0 spiro atoms. The summed E-state index contributed by atoms with van der Waals surface area (Å²) >= 11 is 0. The number of fused-ring (bicyclic) bond motifs is 1. The molecule has 0 radical (unpaired) electrons. The van der Waals surface area contributed by atoms with Gasteiger partial charge in [-0.05, 0) is 6.92 Å². The Morgan fingerprint density at radius 3 is 3.08 bits per heavy atom. The summed E-state index contributed by atoms with van der Waals surface area (Å²) in [6, 6.07) is -0.239. The molecule has 0 bridgehead atoms. The van der Waals surface area contributed by atoms with Crippen LogP contribution < -0.4 is 11.3 Å². The molecule has 0 unspecified atom stereocenters. The summed E-state index contributed by atoms with van der Waals surface area (Å²) in [5.74, 6) is 0.584. The number of aromatic amines is 1. The van der Waals surface area contributed by atoms with Crippen molar-refractivity contribution in [3.8, 4) is 0 Å². The first-order chi connectivity index (χ1) is 6.20. The second-order valence-corrected chi connectivity index (χ2v) is 2.83. The number of nitrogens with one attached hydrogen (secondary N) is 1. The minimum absolute atomic E-state index is 0.239. The van der Waals surface area contributed by atoms with Gasteiger partial charge < -0.3 is 10.7 Å². The molecular weight excluding hydrogens is 170 g/mol. The number of nitrogens with zero attached hydrogens (tertiary/aromatic N) is 3. The summed E-state index contributed by atoms with van der Waals surface area (Å²) in [4.78, 5) is 13.7. The summed E-state index contributed by atoms with van der Waals surface area (Å²) in [6.07, 6.45) is 3.21. The van der Waals surface area contributed by atoms with Gasteiger partial charge >= 0.3 is 0 Å². The van der Waals surface area contributed by atoms with Gasteiger partial charge in [0.1, 0.15) is 0 Å². The zero-order valence-electron chi connectivity index (χ0n) is 7.06. The van der Waals surface area contributed by atoms with Crippen molar-refractivity contribution in [1.82, 2.24) is 19.6 Å². The summed E-state index contributed by atoms with van der Waals surface area (Å²) in [6.45, 7) is 1.79. The maximum absolute atomic E-state index is 11.2. The van der Waals surface area contributed by atoms with E-state index in [0.717, 1.165) is 0 Å². The van der Waals surface area contributed by atoms with E-state index in [1.165, 1.54) is 6.20 Å². The van der Waals surface area contributed by atoms with Gasteiger partial charge in [-0.1, -0.05) is 0 Å². The van der Waals surface area contributed by atoms with Crippen LogP contribution in [-0.2, 0) is 0 Å². The predicted octanol–water partition coefficient (Wildman–Crippen LogP) is -0.563. The Hall–Kier alpha value is -1.69. The van der Waals surface area contributed by atoms with E-state index >= 15 is 0 Å². The third-order valence-corrected chi connectivity index (χ3v) is 1.77. The van der Waals surface area contributed by atoms with E-state index in [9.17, 15) is 4.79 Å². The van der Waals surface area contributed by atoms with Crippen LogP contribution in [0.5, 0.6) is 0 Å². The Bertz CT molecular complexity index is 483. The number of hydrogen-bond donors (Lipinski definition) is 2. The number of hydrogen-bond acceptors (Lipinski definition) is 4. The van der Waals surface area contributed by atoms with Gasteiger partial charge in [0.25, 0.3) is 5.56 Å². The highest BCUT2D eigenvalue weighted by Gasteiger charge is 2.10. The van der Waals surface area contributed by atoms with Gasteiger partial charge in [-0.25, -0.2) is 0 Å². The van der Waals surface area contributed by atoms with Crippen LogP contribution in [-0.4, -0.2) is 19.6 Å². The molecule has 2 aromatic rings. The lowest BCUT2D eigenvalue weighted by molar-refractivity contribution is 0.725. The topological polar surface area (TPSA) is 89.1 Å². The van der Waals surface area contributed by atoms with Crippen molar-refractivity contribution in [1.29, 1.82) is 0 Å². The molecule has 0 aromatic carbocycles. The number of nitrogens with two attached hydrogens (primary N) is 1. The molecule has 0 amide bonds. The molecule has 2 aromatic heterocycles. The lowest BCUT2D eigenvalue weighted by Gasteiger charge is -2.00. The molecule has 13 heavy (non-hydrogen) atoms. The average Bonchev–Trinajstić information content (AvgIpc) is 2.48. The Kier molecular flexibility index (Phi) is 1.63. The predicted molar refractivity (Wildman–Crippen MR) is 46.2 cm³/mol. The highest BCUT2D eigenvalue weighted by Crippen LogP contribution is 2.05. The molecule has 6 heteroatoms. The second-order valence-electron chi connectivity index (χ2n) is 2.83. The SMILES string of the molecule is C[C@H](N)c1nnc2c(=O)[nH]ccn12. The van der Waals surface area contributed by atoms with Gasteiger partial charge in [-0.3, -0.25) is 9.20 Å². The Morgan fingerprint density at radius 1 is 1.62 bits per heavy atom. The first kappa shape index (κ1) is 7.93. The molecule has 2 rings (SSSR count). The van der Waals surface area contributed by atoms with Crippen molar-refractivity contribution < 1.29 is 0 Å². The Balaban J connectivity index is 2.83. The van der Waals surface area contributed by atoms with E-state index in [-0.39, 0.29) is 17.2 Å². The maximum Gasteiger partial charge on any atom is 0.293 e. The minimum Gasteiger partial charge on any atom is -0.324 e. The van der Waals surface area contributed by atoms with Gasteiger partial charge in [0, 0.05) is 12.4 Å². The summed E-state index contributed by atoms with van der Waals surface area (Å²) in [5, 5.41) is 7.55. The number of H-pyrrole nitrogens is 1. The number of aromatic nitrogens is 4. The lowest BCUT2D eigenvalue weighted by atomic mass is 10.3. The minimum atomic E-state index is -0.262. The molecular formula is C7H9N5O. The molecule has 3 N–H and O–H groups in total.